The number of fused-ring (bicyclic) bond motifs is 1. The number of nitrogens with two attached hydrogens (primary N) is 1. The summed E-state index contributed by atoms with van der Waals surface area (Å²) in [7, 11) is 0. The predicted octanol–water partition coefficient (Wildman–Crippen LogP) is 3.43. The monoisotopic (exact) mass is 266 g/mol. The van der Waals surface area contributed by atoms with Crippen molar-refractivity contribution in [1.82, 2.24) is 14.5 Å². The van der Waals surface area contributed by atoms with Crippen LogP contribution < -0.4 is 5.73 Å². The first-order valence-electron chi connectivity index (χ1n) is 6.78. The summed E-state index contributed by atoms with van der Waals surface area (Å²) in [6.07, 6.45) is 1.79. The van der Waals surface area contributed by atoms with Gasteiger partial charge >= 0.3 is 0 Å². The molecule has 0 spiro atoms. The van der Waals surface area contributed by atoms with Crippen molar-refractivity contribution in [1.29, 1.82) is 0 Å². The van der Waals surface area contributed by atoms with Crippen LogP contribution in [-0.2, 0) is 0 Å². The zero-order valence-electron chi connectivity index (χ0n) is 12.0. The molecule has 4 nitrogen and oxygen atoms in total. The average molecular weight is 266 g/mol. The number of aryl methyl sites for hydroxylation is 1. The second kappa shape index (κ2) is 4.63. The molecule has 0 aliphatic heterocycles. The molecular weight excluding hydrogens is 248 g/mol. The van der Waals surface area contributed by atoms with Crippen LogP contribution in [0.15, 0.2) is 36.5 Å². The Bertz CT molecular complexity index is 754. The normalized spacial score (nSPS) is 11.4. The summed E-state index contributed by atoms with van der Waals surface area (Å²) in [5, 5.41) is 0. The number of aromatic nitrogens is 3. The van der Waals surface area contributed by atoms with Crippen LogP contribution in [0.2, 0.25) is 0 Å². The zero-order valence-corrected chi connectivity index (χ0v) is 12.0. The highest BCUT2D eigenvalue weighted by molar-refractivity contribution is 5.79. The number of benzene rings is 1. The molecule has 0 aliphatic rings. The van der Waals surface area contributed by atoms with Gasteiger partial charge in [-0.15, -0.1) is 0 Å². The second-order valence-electron chi connectivity index (χ2n) is 5.35. The zero-order chi connectivity index (χ0) is 14.3. The van der Waals surface area contributed by atoms with Gasteiger partial charge in [-0.05, 0) is 42.2 Å². The number of nitrogen functional groups attached to an aromatic ring is 1. The quantitative estimate of drug-likeness (QED) is 0.773. The molecule has 0 saturated carbocycles. The summed E-state index contributed by atoms with van der Waals surface area (Å²) in [6, 6.07) is 10.3. The SMILES string of the molecule is Cc1ccnc2c1nc(N)n2-c1ccc(C(C)C)cc1. The number of pyridine rings is 1. The van der Waals surface area contributed by atoms with E-state index < -0.39 is 0 Å². The number of anilines is 1. The Kier molecular flexibility index (Phi) is 2.93. The molecule has 2 N–H and O–H groups in total. The third-order valence-corrected chi connectivity index (χ3v) is 3.59. The highest BCUT2D eigenvalue weighted by Gasteiger charge is 2.12. The maximum atomic E-state index is 6.06. The van der Waals surface area contributed by atoms with Gasteiger partial charge in [-0.1, -0.05) is 26.0 Å². The first-order valence-corrected chi connectivity index (χ1v) is 6.78. The van der Waals surface area contributed by atoms with Gasteiger partial charge in [-0.2, -0.15) is 0 Å². The van der Waals surface area contributed by atoms with Crippen LogP contribution in [0.1, 0.15) is 30.9 Å². The number of imidazole rings is 1. The molecule has 0 unspecified atom stereocenters. The third kappa shape index (κ3) is 1.93. The van der Waals surface area contributed by atoms with Gasteiger partial charge in [-0.3, -0.25) is 4.57 Å². The molecule has 0 radical (unpaired) electrons. The maximum absolute atomic E-state index is 6.06. The van der Waals surface area contributed by atoms with Crippen LogP contribution in [0.3, 0.4) is 0 Å². The third-order valence-electron chi connectivity index (χ3n) is 3.59. The van der Waals surface area contributed by atoms with Gasteiger partial charge in [0.15, 0.2) is 5.65 Å². The van der Waals surface area contributed by atoms with Crippen LogP contribution in [0.25, 0.3) is 16.9 Å². The molecule has 1 aromatic carbocycles. The molecule has 0 atom stereocenters. The Labute approximate surface area is 118 Å². The molecule has 3 rings (SSSR count). The summed E-state index contributed by atoms with van der Waals surface area (Å²) < 4.78 is 1.90. The fourth-order valence-corrected chi connectivity index (χ4v) is 2.37. The van der Waals surface area contributed by atoms with Crippen molar-refractivity contribution in [2.75, 3.05) is 5.73 Å². The molecule has 2 heterocycles. The first kappa shape index (κ1) is 12.7. The lowest BCUT2D eigenvalue weighted by Gasteiger charge is -2.09. The number of rotatable bonds is 2. The van der Waals surface area contributed by atoms with Crippen LogP contribution in [-0.4, -0.2) is 14.5 Å². The summed E-state index contributed by atoms with van der Waals surface area (Å²) in [5.41, 5.74) is 11.1. The van der Waals surface area contributed by atoms with E-state index in [9.17, 15) is 0 Å². The number of hydrogen-bond donors (Lipinski definition) is 1. The Morgan fingerprint density at radius 1 is 1.10 bits per heavy atom. The summed E-state index contributed by atoms with van der Waals surface area (Å²) in [6.45, 7) is 6.38. The minimum absolute atomic E-state index is 0.471. The summed E-state index contributed by atoms with van der Waals surface area (Å²) >= 11 is 0. The topological polar surface area (TPSA) is 56.7 Å². The van der Waals surface area contributed by atoms with Crippen molar-refractivity contribution in [2.24, 2.45) is 0 Å². The largest absolute Gasteiger partial charge is 0.369 e. The van der Waals surface area contributed by atoms with Crippen molar-refractivity contribution < 1.29 is 0 Å². The second-order valence-corrected chi connectivity index (χ2v) is 5.35. The van der Waals surface area contributed by atoms with Crippen molar-refractivity contribution in [3.63, 3.8) is 0 Å². The van der Waals surface area contributed by atoms with Gasteiger partial charge in [0.1, 0.15) is 5.52 Å². The minimum atomic E-state index is 0.471. The van der Waals surface area contributed by atoms with Crippen LogP contribution in [0.4, 0.5) is 5.95 Å². The summed E-state index contributed by atoms with van der Waals surface area (Å²) in [5.74, 6) is 0.986. The lowest BCUT2D eigenvalue weighted by molar-refractivity contribution is 0.865. The molecule has 0 bridgehead atoms. The fourth-order valence-electron chi connectivity index (χ4n) is 2.37. The maximum Gasteiger partial charge on any atom is 0.207 e. The molecule has 3 aromatic rings. The molecule has 102 valence electrons. The van der Waals surface area contributed by atoms with Crippen molar-refractivity contribution in [2.45, 2.75) is 26.7 Å². The van der Waals surface area contributed by atoms with Crippen molar-refractivity contribution in [3.8, 4) is 5.69 Å². The van der Waals surface area contributed by atoms with Crippen LogP contribution in [0.5, 0.6) is 0 Å². The molecule has 4 heteroatoms. The van der Waals surface area contributed by atoms with E-state index in [1.54, 1.807) is 6.20 Å². The van der Waals surface area contributed by atoms with Gasteiger partial charge < -0.3 is 5.73 Å². The smallest absolute Gasteiger partial charge is 0.207 e. The molecule has 0 amide bonds. The lowest BCUT2D eigenvalue weighted by atomic mass is 10.0. The molecule has 0 saturated heterocycles. The van der Waals surface area contributed by atoms with E-state index in [0.717, 1.165) is 22.4 Å². The molecule has 0 aliphatic carbocycles. The summed E-state index contributed by atoms with van der Waals surface area (Å²) in [4.78, 5) is 8.84. The van der Waals surface area contributed by atoms with Crippen LogP contribution in [0, 0.1) is 6.92 Å². The van der Waals surface area contributed by atoms with E-state index in [-0.39, 0.29) is 0 Å². The fraction of sp³-hybridized carbons (Fsp3) is 0.250. The molecule has 0 fully saturated rings. The van der Waals surface area contributed by atoms with Gasteiger partial charge in [-0.25, -0.2) is 9.97 Å². The van der Waals surface area contributed by atoms with Crippen molar-refractivity contribution in [3.05, 3.63) is 47.7 Å². The Balaban J connectivity index is 2.19. The van der Waals surface area contributed by atoms with Gasteiger partial charge in [0.05, 0.1) is 5.69 Å². The van der Waals surface area contributed by atoms with Crippen LogP contribution >= 0.6 is 0 Å². The first-order chi connectivity index (χ1) is 9.58. The standard InChI is InChI=1S/C16H18N4/c1-10(2)12-4-6-13(7-5-12)20-15-14(19-16(20)17)11(3)8-9-18-15/h4-10H,1-3H3,(H2,17,19). The van der Waals surface area contributed by atoms with Gasteiger partial charge in [0.2, 0.25) is 5.95 Å². The highest BCUT2D eigenvalue weighted by Crippen LogP contribution is 2.24. The van der Waals surface area contributed by atoms with E-state index in [0.29, 0.717) is 11.9 Å². The Morgan fingerprint density at radius 2 is 1.80 bits per heavy atom. The van der Waals surface area contributed by atoms with Gasteiger partial charge in [0, 0.05) is 6.20 Å². The average Bonchev–Trinajstić information content (AvgIpc) is 2.77. The molecule has 20 heavy (non-hydrogen) atoms. The predicted molar refractivity (Wildman–Crippen MR) is 82.1 cm³/mol. The lowest BCUT2D eigenvalue weighted by Crippen LogP contribution is -2.01. The highest BCUT2D eigenvalue weighted by atomic mass is 15.2. The Morgan fingerprint density at radius 3 is 2.45 bits per heavy atom. The van der Waals surface area contributed by atoms with E-state index in [1.165, 1.54) is 5.56 Å². The molecular formula is C16H18N4. The van der Waals surface area contributed by atoms with E-state index in [1.807, 2.05) is 17.6 Å². The minimum Gasteiger partial charge on any atom is -0.369 e. The van der Waals surface area contributed by atoms with E-state index >= 15 is 0 Å². The number of nitrogens with zero attached hydrogens (tertiary/aromatic N) is 3. The van der Waals surface area contributed by atoms with Gasteiger partial charge in [0.25, 0.3) is 0 Å². The molecule has 2 aromatic heterocycles. The van der Waals surface area contributed by atoms with Crippen molar-refractivity contribution >= 4 is 17.1 Å². The number of hydrogen-bond acceptors (Lipinski definition) is 3. The van der Waals surface area contributed by atoms with E-state index in [2.05, 4.69) is 48.1 Å². The van der Waals surface area contributed by atoms with E-state index in [4.69, 9.17) is 5.73 Å². The Hall–Kier alpha value is -2.36.